The molecule has 0 aromatic carbocycles. The largest absolute Gasteiger partial charge is 0.358 e. The predicted octanol–water partition coefficient (Wildman–Crippen LogP) is 1.24. The van der Waals surface area contributed by atoms with E-state index < -0.39 is 0 Å². The molecule has 0 atom stereocenters. The Kier molecular flexibility index (Phi) is 3.69. The van der Waals surface area contributed by atoms with Gasteiger partial charge in [0.25, 0.3) is 0 Å². The second kappa shape index (κ2) is 3.78. The second-order valence-electron chi connectivity index (χ2n) is 1.63. The summed E-state index contributed by atoms with van der Waals surface area (Å²) in [6.45, 7) is 2.04. The molecule has 0 amide bonds. The van der Waals surface area contributed by atoms with Gasteiger partial charge in [0.15, 0.2) is 5.17 Å². The second-order valence-corrected chi connectivity index (χ2v) is 2.89. The Morgan fingerprint density at radius 1 is 1.62 bits per heavy atom. The van der Waals surface area contributed by atoms with Crippen molar-refractivity contribution >= 4 is 16.9 Å². The van der Waals surface area contributed by atoms with E-state index in [4.69, 9.17) is 5.41 Å². The van der Waals surface area contributed by atoms with Gasteiger partial charge in [-0.25, -0.2) is 0 Å². The summed E-state index contributed by atoms with van der Waals surface area (Å²) in [7, 11) is 3.76. The van der Waals surface area contributed by atoms with Crippen LogP contribution in [0.5, 0.6) is 0 Å². The van der Waals surface area contributed by atoms with Crippen molar-refractivity contribution in [2.75, 3.05) is 19.8 Å². The first-order valence-corrected chi connectivity index (χ1v) is 3.55. The number of nitrogens with zero attached hydrogens (tertiary/aromatic N) is 1. The molecule has 0 saturated carbocycles. The maximum atomic E-state index is 7.23. The van der Waals surface area contributed by atoms with Gasteiger partial charge in [-0.3, -0.25) is 5.41 Å². The lowest BCUT2D eigenvalue weighted by Crippen LogP contribution is -2.17. The highest BCUT2D eigenvalue weighted by atomic mass is 32.2. The van der Waals surface area contributed by atoms with Crippen molar-refractivity contribution in [2.45, 2.75) is 6.92 Å². The summed E-state index contributed by atoms with van der Waals surface area (Å²) in [5, 5.41) is 7.86. The van der Waals surface area contributed by atoms with Gasteiger partial charge in [-0.1, -0.05) is 18.7 Å². The predicted molar refractivity (Wildman–Crippen MR) is 39.5 cm³/mol. The smallest absolute Gasteiger partial charge is 0.155 e. The van der Waals surface area contributed by atoms with E-state index in [2.05, 4.69) is 0 Å². The number of amidine groups is 1. The Bertz CT molecular complexity index is 80.5. The van der Waals surface area contributed by atoms with E-state index in [0.717, 1.165) is 5.75 Å². The fourth-order valence-corrected chi connectivity index (χ4v) is 0.797. The zero-order valence-electron chi connectivity index (χ0n) is 5.56. The van der Waals surface area contributed by atoms with Gasteiger partial charge in [-0.2, -0.15) is 0 Å². The van der Waals surface area contributed by atoms with Crippen LogP contribution in [0.25, 0.3) is 0 Å². The van der Waals surface area contributed by atoms with Gasteiger partial charge < -0.3 is 4.90 Å². The molecular weight excluding hydrogens is 120 g/mol. The summed E-state index contributed by atoms with van der Waals surface area (Å²) < 4.78 is 0. The van der Waals surface area contributed by atoms with Crippen molar-refractivity contribution in [1.29, 1.82) is 5.41 Å². The van der Waals surface area contributed by atoms with Crippen LogP contribution in [0.1, 0.15) is 6.92 Å². The zero-order chi connectivity index (χ0) is 6.57. The minimum absolute atomic E-state index is 0.632. The number of hydrogen-bond donors (Lipinski definition) is 1. The summed E-state index contributed by atoms with van der Waals surface area (Å²) in [4.78, 5) is 1.80. The van der Waals surface area contributed by atoms with Crippen LogP contribution in [0.15, 0.2) is 0 Å². The average molecular weight is 132 g/mol. The molecule has 0 heterocycles. The van der Waals surface area contributed by atoms with Gasteiger partial charge in [0.2, 0.25) is 0 Å². The highest BCUT2D eigenvalue weighted by Gasteiger charge is 1.94. The van der Waals surface area contributed by atoms with Crippen LogP contribution < -0.4 is 0 Å². The summed E-state index contributed by atoms with van der Waals surface area (Å²) in [6.07, 6.45) is 0. The summed E-state index contributed by atoms with van der Waals surface area (Å²) in [6, 6.07) is 0. The van der Waals surface area contributed by atoms with Gasteiger partial charge in [-0.15, -0.1) is 0 Å². The first-order chi connectivity index (χ1) is 3.68. The van der Waals surface area contributed by atoms with Gasteiger partial charge in [0.05, 0.1) is 0 Å². The third-order valence-corrected chi connectivity index (χ3v) is 1.61. The monoisotopic (exact) mass is 132 g/mol. The first kappa shape index (κ1) is 7.82. The van der Waals surface area contributed by atoms with Crippen molar-refractivity contribution in [3.8, 4) is 0 Å². The molecule has 8 heavy (non-hydrogen) atoms. The van der Waals surface area contributed by atoms with Crippen molar-refractivity contribution in [2.24, 2.45) is 0 Å². The highest BCUT2D eigenvalue weighted by molar-refractivity contribution is 8.13. The molecule has 0 saturated heterocycles. The van der Waals surface area contributed by atoms with Crippen LogP contribution in [0.4, 0.5) is 0 Å². The van der Waals surface area contributed by atoms with Crippen LogP contribution in [0.2, 0.25) is 0 Å². The van der Waals surface area contributed by atoms with E-state index in [1.807, 2.05) is 21.0 Å². The molecule has 0 aromatic heterocycles. The molecule has 0 aromatic rings. The number of thioether (sulfide) groups is 1. The van der Waals surface area contributed by atoms with Crippen LogP contribution >= 0.6 is 11.8 Å². The number of nitrogens with one attached hydrogen (secondary N) is 1. The summed E-state index contributed by atoms with van der Waals surface area (Å²) in [5.74, 6) is 0.983. The molecule has 0 aliphatic carbocycles. The third-order valence-electron chi connectivity index (χ3n) is 0.687. The molecule has 0 fully saturated rings. The third kappa shape index (κ3) is 2.91. The normalized spacial score (nSPS) is 8.88. The van der Waals surface area contributed by atoms with E-state index in [1.165, 1.54) is 0 Å². The standard InChI is InChI=1S/C5H12N2S/c1-4-8-5(6)7(2)3/h6H,4H2,1-3H3. The molecule has 48 valence electrons. The lowest BCUT2D eigenvalue weighted by molar-refractivity contribution is 0.632. The maximum absolute atomic E-state index is 7.23. The van der Waals surface area contributed by atoms with Gasteiger partial charge >= 0.3 is 0 Å². The molecule has 1 N–H and O–H groups in total. The molecule has 0 unspecified atom stereocenters. The molecule has 0 spiro atoms. The van der Waals surface area contributed by atoms with E-state index in [1.54, 1.807) is 16.7 Å². The Hall–Kier alpha value is -0.180. The van der Waals surface area contributed by atoms with Crippen molar-refractivity contribution < 1.29 is 0 Å². The topological polar surface area (TPSA) is 27.1 Å². The highest BCUT2D eigenvalue weighted by Crippen LogP contribution is 2.01. The van der Waals surface area contributed by atoms with Crippen LogP contribution in [0, 0.1) is 5.41 Å². The quantitative estimate of drug-likeness (QED) is 0.429. The molecule has 0 aliphatic heterocycles. The fourth-order valence-electron chi connectivity index (χ4n) is 0.266. The maximum Gasteiger partial charge on any atom is 0.155 e. The van der Waals surface area contributed by atoms with E-state index in [0.29, 0.717) is 5.17 Å². The summed E-state index contributed by atoms with van der Waals surface area (Å²) in [5.41, 5.74) is 0. The van der Waals surface area contributed by atoms with Gasteiger partial charge in [0, 0.05) is 14.1 Å². The minimum atomic E-state index is 0.632. The lowest BCUT2D eigenvalue weighted by atomic mass is 10.9. The SMILES string of the molecule is CCSC(=N)N(C)C. The molecule has 0 aliphatic rings. The molecule has 0 bridgehead atoms. The summed E-state index contributed by atoms with van der Waals surface area (Å²) >= 11 is 1.55. The van der Waals surface area contributed by atoms with Crippen molar-refractivity contribution in [3.63, 3.8) is 0 Å². The van der Waals surface area contributed by atoms with Crippen LogP contribution in [-0.2, 0) is 0 Å². The number of rotatable bonds is 1. The Morgan fingerprint density at radius 2 is 2.12 bits per heavy atom. The van der Waals surface area contributed by atoms with E-state index in [9.17, 15) is 0 Å². The first-order valence-electron chi connectivity index (χ1n) is 2.57. The van der Waals surface area contributed by atoms with Crippen LogP contribution in [-0.4, -0.2) is 29.9 Å². The van der Waals surface area contributed by atoms with E-state index in [-0.39, 0.29) is 0 Å². The Labute approximate surface area is 54.8 Å². The van der Waals surface area contributed by atoms with Crippen LogP contribution in [0.3, 0.4) is 0 Å². The molecule has 0 rings (SSSR count). The average Bonchev–Trinajstić information content (AvgIpc) is 1.67. The molecular formula is C5H12N2S. The number of hydrogen-bond acceptors (Lipinski definition) is 2. The zero-order valence-corrected chi connectivity index (χ0v) is 6.38. The fraction of sp³-hybridized carbons (Fsp3) is 0.800. The minimum Gasteiger partial charge on any atom is -0.358 e. The van der Waals surface area contributed by atoms with Gasteiger partial charge in [0.1, 0.15) is 0 Å². The molecule has 3 heteroatoms. The van der Waals surface area contributed by atoms with Gasteiger partial charge in [-0.05, 0) is 5.75 Å². The molecule has 0 radical (unpaired) electrons. The van der Waals surface area contributed by atoms with Crippen molar-refractivity contribution in [1.82, 2.24) is 4.90 Å². The Balaban J connectivity index is 3.33. The van der Waals surface area contributed by atoms with E-state index >= 15 is 0 Å². The molecule has 2 nitrogen and oxygen atoms in total. The lowest BCUT2D eigenvalue weighted by Gasteiger charge is -2.10. The van der Waals surface area contributed by atoms with Crippen molar-refractivity contribution in [3.05, 3.63) is 0 Å². The Morgan fingerprint density at radius 3 is 2.25 bits per heavy atom.